The van der Waals surface area contributed by atoms with Crippen molar-refractivity contribution in [3.05, 3.63) is 59.9 Å². The van der Waals surface area contributed by atoms with Gasteiger partial charge in [-0.1, -0.05) is 12.1 Å². The Balaban J connectivity index is 1.61. The van der Waals surface area contributed by atoms with Crippen molar-refractivity contribution >= 4 is 11.6 Å². The number of halogens is 1. The molecule has 1 aliphatic rings. The predicted molar refractivity (Wildman–Crippen MR) is 101 cm³/mol. The van der Waals surface area contributed by atoms with Crippen LogP contribution in [-0.4, -0.2) is 42.6 Å². The molecule has 0 N–H and O–H groups in total. The van der Waals surface area contributed by atoms with Gasteiger partial charge in [0.1, 0.15) is 11.6 Å². The lowest BCUT2D eigenvalue weighted by Crippen LogP contribution is -2.55. The molecule has 0 radical (unpaired) electrons. The minimum absolute atomic E-state index is 0.0503. The molecule has 2 aromatic carbocycles. The highest BCUT2D eigenvalue weighted by Crippen LogP contribution is 2.23. The molecule has 26 heavy (non-hydrogen) atoms. The minimum Gasteiger partial charge on any atom is -0.478 e. The lowest BCUT2D eigenvalue weighted by atomic mass is 10.1. The van der Waals surface area contributed by atoms with Gasteiger partial charge in [-0.2, -0.15) is 0 Å². The molecule has 0 saturated carbocycles. The number of hydrogen-bond donors (Lipinski definition) is 0. The van der Waals surface area contributed by atoms with Crippen LogP contribution in [0.3, 0.4) is 0 Å². The van der Waals surface area contributed by atoms with E-state index < -0.39 is 5.60 Å². The summed E-state index contributed by atoms with van der Waals surface area (Å²) < 4.78 is 18.9. The fourth-order valence-electron chi connectivity index (χ4n) is 3.21. The summed E-state index contributed by atoms with van der Waals surface area (Å²) in [5.41, 5.74) is 1.43. The number of carbonyl (C=O) groups is 1. The number of piperazine rings is 1. The van der Waals surface area contributed by atoms with E-state index in [0.29, 0.717) is 18.8 Å². The van der Waals surface area contributed by atoms with Crippen LogP contribution in [0.25, 0.3) is 0 Å². The van der Waals surface area contributed by atoms with Crippen LogP contribution in [0.1, 0.15) is 19.4 Å². The first-order valence-corrected chi connectivity index (χ1v) is 8.91. The van der Waals surface area contributed by atoms with Crippen LogP contribution in [0.4, 0.5) is 10.1 Å². The number of rotatable bonds is 4. The minimum atomic E-state index is -0.997. The van der Waals surface area contributed by atoms with Crippen molar-refractivity contribution in [1.82, 2.24) is 4.90 Å². The number of anilines is 1. The van der Waals surface area contributed by atoms with Gasteiger partial charge in [0.15, 0.2) is 5.60 Å². The van der Waals surface area contributed by atoms with E-state index in [-0.39, 0.29) is 11.7 Å². The maximum Gasteiger partial charge on any atom is 0.266 e. The van der Waals surface area contributed by atoms with Crippen LogP contribution in [0, 0.1) is 12.7 Å². The van der Waals surface area contributed by atoms with E-state index in [1.54, 1.807) is 26.0 Å². The maximum atomic E-state index is 13.0. The normalized spacial score (nSPS) is 15.1. The molecule has 0 atom stereocenters. The lowest BCUT2D eigenvalue weighted by Gasteiger charge is -2.39. The van der Waals surface area contributed by atoms with E-state index in [1.807, 2.05) is 4.90 Å². The molecule has 2 aromatic rings. The van der Waals surface area contributed by atoms with Crippen molar-refractivity contribution in [2.45, 2.75) is 26.4 Å². The van der Waals surface area contributed by atoms with Gasteiger partial charge >= 0.3 is 0 Å². The van der Waals surface area contributed by atoms with Crippen LogP contribution in [0.2, 0.25) is 0 Å². The van der Waals surface area contributed by atoms with Gasteiger partial charge < -0.3 is 14.5 Å². The molecule has 0 bridgehead atoms. The van der Waals surface area contributed by atoms with Crippen LogP contribution >= 0.6 is 0 Å². The van der Waals surface area contributed by atoms with Crippen LogP contribution in [0.15, 0.2) is 48.5 Å². The van der Waals surface area contributed by atoms with Gasteiger partial charge in [-0.05, 0) is 62.7 Å². The number of hydrogen-bond acceptors (Lipinski definition) is 3. The zero-order valence-electron chi connectivity index (χ0n) is 15.5. The maximum absolute atomic E-state index is 13.0. The second-order valence-electron chi connectivity index (χ2n) is 7.18. The summed E-state index contributed by atoms with van der Waals surface area (Å²) in [6.45, 7) is 8.49. The molecule has 5 heteroatoms. The van der Waals surface area contributed by atoms with Crippen molar-refractivity contribution in [1.29, 1.82) is 0 Å². The molecule has 1 aliphatic heterocycles. The van der Waals surface area contributed by atoms with E-state index in [9.17, 15) is 9.18 Å². The fraction of sp³-hybridized carbons (Fsp3) is 0.381. The first-order valence-electron chi connectivity index (χ1n) is 8.91. The Kier molecular flexibility index (Phi) is 5.16. The predicted octanol–water partition coefficient (Wildman–Crippen LogP) is 3.64. The summed E-state index contributed by atoms with van der Waals surface area (Å²) in [7, 11) is 0. The SMILES string of the molecule is Cc1cccc(N2CCN(C(=O)C(C)(C)Oc3ccc(F)cc3)CC2)c1. The van der Waals surface area contributed by atoms with Gasteiger partial charge in [-0.25, -0.2) is 4.39 Å². The van der Waals surface area contributed by atoms with Gasteiger partial charge in [0.2, 0.25) is 0 Å². The smallest absolute Gasteiger partial charge is 0.266 e. The summed E-state index contributed by atoms with van der Waals surface area (Å²) >= 11 is 0. The summed E-state index contributed by atoms with van der Waals surface area (Å²) in [4.78, 5) is 17.0. The second-order valence-corrected chi connectivity index (χ2v) is 7.18. The Morgan fingerprint density at radius 3 is 2.31 bits per heavy atom. The van der Waals surface area contributed by atoms with Gasteiger partial charge in [0, 0.05) is 31.9 Å². The van der Waals surface area contributed by atoms with Crippen LogP contribution in [0.5, 0.6) is 5.75 Å². The number of carbonyl (C=O) groups excluding carboxylic acids is 1. The highest BCUT2D eigenvalue weighted by molar-refractivity contribution is 5.85. The third-order valence-corrected chi connectivity index (χ3v) is 4.64. The van der Waals surface area contributed by atoms with E-state index in [0.717, 1.165) is 13.1 Å². The molecule has 0 unspecified atom stereocenters. The summed E-state index contributed by atoms with van der Waals surface area (Å²) in [6.07, 6.45) is 0. The number of aryl methyl sites for hydroxylation is 1. The Morgan fingerprint density at radius 1 is 1.04 bits per heavy atom. The average Bonchev–Trinajstić information content (AvgIpc) is 2.63. The monoisotopic (exact) mass is 356 g/mol. The molecular formula is C21H25FN2O2. The Hall–Kier alpha value is -2.56. The highest BCUT2D eigenvalue weighted by atomic mass is 19.1. The molecule has 0 spiro atoms. The van der Waals surface area contributed by atoms with Gasteiger partial charge in [-0.15, -0.1) is 0 Å². The molecule has 0 aromatic heterocycles. The molecule has 0 aliphatic carbocycles. The van der Waals surface area contributed by atoms with E-state index >= 15 is 0 Å². The Morgan fingerprint density at radius 2 is 1.69 bits per heavy atom. The number of nitrogens with zero attached hydrogens (tertiary/aromatic N) is 2. The lowest BCUT2D eigenvalue weighted by molar-refractivity contribution is -0.145. The van der Waals surface area contributed by atoms with Crippen molar-refractivity contribution in [2.75, 3.05) is 31.1 Å². The third kappa shape index (κ3) is 4.15. The fourth-order valence-corrected chi connectivity index (χ4v) is 3.21. The molecule has 1 saturated heterocycles. The zero-order valence-corrected chi connectivity index (χ0v) is 15.5. The van der Waals surface area contributed by atoms with Crippen molar-refractivity contribution in [3.8, 4) is 5.75 Å². The molecule has 1 heterocycles. The third-order valence-electron chi connectivity index (χ3n) is 4.64. The van der Waals surface area contributed by atoms with Crippen LogP contribution in [-0.2, 0) is 4.79 Å². The van der Waals surface area contributed by atoms with Crippen molar-refractivity contribution < 1.29 is 13.9 Å². The van der Waals surface area contributed by atoms with Crippen molar-refractivity contribution in [3.63, 3.8) is 0 Å². The molecule has 3 rings (SSSR count). The molecule has 138 valence electrons. The molecule has 1 fully saturated rings. The number of benzene rings is 2. The molecular weight excluding hydrogens is 331 g/mol. The van der Waals surface area contributed by atoms with E-state index in [1.165, 1.54) is 23.4 Å². The molecule has 4 nitrogen and oxygen atoms in total. The largest absolute Gasteiger partial charge is 0.478 e. The topological polar surface area (TPSA) is 32.8 Å². The Bertz CT molecular complexity index is 766. The van der Waals surface area contributed by atoms with E-state index in [4.69, 9.17) is 4.74 Å². The first-order chi connectivity index (χ1) is 12.3. The summed E-state index contributed by atoms with van der Waals surface area (Å²) in [5, 5.41) is 0. The Labute approximate surface area is 154 Å². The first kappa shape index (κ1) is 18.2. The highest BCUT2D eigenvalue weighted by Gasteiger charge is 2.35. The number of ether oxygens (including phenoxy) is 1. The van der Waals surface area contributed by atoms with Crippen molar-refractivity contribution in [2.24, 2.45) is 0 Å². The molecule has 1 amide bonds. The number of amides is 1. The summed E-state index contributed by atoms with van der Waals surface area (Å²) in [5.74, 6) is 0.114. The van der Waals surface area contributed by atoms with Gasteiger partial charge in [-0.3, -0.25) is 4.79 Å². The van der Waals surface area contributed by atoms with Gasteiger partial charge in [0.05, 0.1) is 0 Å². The zero-order chi connectivity index (χ0) is 18.7. The quantitative estimate of drug-likeness (QED) is 0.838. The van der Waals surface area contributed by atoms with Gasteiger partial charge in [0.25, 0.3) is 5.91 Å². The van der Waals surface area contributed by atoms with Crippen LogP contribution < -0.4 is 9.64 Å². The second kappa shape index (κ2) is 7.36. The average molecular weight is 356 g/mol. The standard InChI is InChI=1S/C21H25FN2O2/c1-16-5-4-6-18(15-16)23-11-13-24(14-12-23)20(25)21(2,3)26-19-9-7-17(22)8-10-19/h4-10,15H,11-14H2,1-3H3. The van der Waals surface area contributed by atoms with E-state index in [2.05, 4.69) is 36.1 Å². The summed E-state index contributed by atoms with van der Waals surface area (Å²) in [6, 6.07) is 14.2.